The Balaban J connectivity index is 1.83. The summed E-state index contributed by atoms with van der Waals surface area (Å²) in [5.41, 5.74) is 6.32. The maximum absolute atomic E-state index is 11.4. The van der Waals surface area contributed by atoms with Crippen molar-refractivity contribution in [2.75, 3.05) is 6.61 Å². The molecule has 1 atom stereocenters. The molecule has 0 aliphatic carbocycles. The van der Waals surface area contributed by atoms with Gasteiger partial charge >= 0.3 is 5.97 Å². The van der Waals surface area contributed by atoms with Crippen LogP contribution in [0.15, 0.2) is 60.9 Å². The van der Waals surface area contributed by atoms with Gasteiger partial charge in [-0.15, -0.1) is 0 Å². The van der Waals surface area contributed by atoms with Crippen molar-refractivity contribution < 1.29 is 15.0 Å². The van der Waals surface area contributed by atoms with Crippen LogP contribution >= 0.6 is 0 Å². The first-order valence-corrected chi connectivity index (χ1v) is 10.2. The van der Waals surface area contributed by atoms with E-state index in [-0.39, 0.29) is 0 Å². The van der Waals surface area contributed by atoms with Gasteiger partial charge in [-0.05, 0) is 60.2 Å². The second-order valence-corrected chi connectivity index (χ2v) is 7.93. The number of hydrogen-bond donors (Lipinski definition) is 3. The van der Waals surface area contributed by atoms with Gasteiger partial charge in [-0.3, -0.25) is 15.1 Å². The van der Waals surface area contributed by atoms with E-state index in [1.165, 1.54) is 12.5 Å². The molecule has 0 aliphatic heterocycles. The van der Waals surface area contributed by atoms with E-state index >= 15 is 0 Å². The van der Waals surface area contributed by atoms with Crippen molar-refractivity contribution in [2.24, 2.45) is 0 Å². The highest BCUT2D eigenvalue weighted by Gasteiger charge is 2.31. The van der Waals surface area contributed by atoms with E-state index in [1.54, 1.807) is 6.20 Å². The number of aromatic nitrogens is 1. The van der Waals surface area contributed by atoms with E-state index in [0.717, 1.165) is 33.4 Å². The number of aryl methyl sites for hydroxylation is 1. The monoisotopic (exact) mass is 416 g/mol. The molecule has 0 aliphatic rings. The highest BCUT2D eigenvalue weighted by molar-refractivity contribution is 5.79. The Hall–Kier alpha value is -3.28. The predicted octanol–water partition coefficient (Wildman–Crippen LogP) is 4.46. The summed E-state index contributed by atoms with van der Waals surface area (Å²) >= 11 is 0. The number of nitrogens with zero attached hydrogens (tertiary/aromatic N) is 1. The van der Waals surface area contributed by atoms with Gasteiger partial charge in [0.05, 0.1) is 6.61 Å². The van der Waals surface area contributed by atoms with Crippen LogP contribution in [-0.2, 0) is 11.3 Å². The summed E-state index contributed by atoms with van der Waals surface area (Å²) in [5, 5.41) is 21.7. The molecule has 5 nitrogen and oxygen atoms in total. The first-order chi connectivity index (χ1) is 14.8. The molecule has 160 valence electrons. The van der Waals surface area contributed by atoms with Crippen LogP contribution in [0.2, 0.25) is 0 Å². The summed E-state index contributed by atoms with van der Waals surface area (Å²) in [4.78, 5) is 15.6. The number of aliphatic hydroxyl groups is 1. The third-order valence-corrected chi connectivity index (χ3v) is 5.61. The lowest BCUT2D eigenvalue weighted by molar-refractivity contribution is -0.145. The van der Waals surface area contributed by atoms with Crippen LogP contribution in [0.25, 0.3) is 23.3 Å². The van der Waals surface area contributed by atoms with E-state index in [0.29, 0.717) is 6.54 Å². The van der Waals surface area contributed by atoms with E-state index in [2.05, 4.69) is 47.6 Å². The van der Waals surface area contributed by atoms with Gasteiger partial charge in [0.2, 0.25) is 0 Å². The average molecular weight is 417 g/mol. The second kappa shape index (κ2) is 9.69. The minimum absolute atomic E-state index is 0.347. The zero-order valence-corrected chi connectivity index (χ0v) is 18.1. The van der Waals surface area contributed by atoms with Crippen LogP contribution in [-0.4, -0.2) is 33.3 Å². The fraction of sp³-hybridized carbons (Fsp3) is 0.231. The molecule has 0 unspecified atom stereocenters. The number of nitrogens with one attached hydrogen (secondary N) is 1. The fourth-order valence-electron chi connectivity index (χ4n) is 3.32. The molecule has 0 amide bonds. The van der Waals surface area contributed by atoms with Gasteiger partial charge < -0.3 is 10.2 Å². The SMILES string of the molecule is Cc1ccc(CN[C@@](C)(CO)C(=O)O)cc1/C=C/c1cccc(-c2cccnc2)c1C. The van der Waals surface area contributed by atoms with E-state index in [9.17, 15) is 15.0 Å². The molecule has 3 rings (SSSR count). The number of benzene rings is 2. The molecule has 5 heteroatoms. The maximum Gasteiger partial charge on any atom is 0.326 e. The summed E-state index contributed by atoms with van der Waals surface area (Å²) in [6.45, 7) is 5.50. The Morgan fingerprint density at radius 2 is 1.87 bits per heavy atom. The molecule has 2 aromatic carbocycles. The molecule has 0 saturated carbocycles. The molecule has 3 aromatic rings. The van der Waals surface area contributed by atoms with Crippen LogP contribution in [0.3, 0.4) is 0 Å². The zero-order valence-electron chi connectivity index (χ0n) is 18.1. The van der Waals surface area contributed by atoms with Crippen molar-refractivity contribution in [3.8, 4) is 11.1 Å². The van der Waals surface area contributed by atoms with E-state index in [4.69, 9.17) is 0 Å². The lowest BCUT2D eigenvalue weighted by Gasteiger charge is -2.24. The van der Waals surface area contributed by atoms with Crippen LogP contribution < -0.4 is 5.32 Å². The number of carboxylic acid groups (broad SMARTS) is 1. The molecule has 0 fully saturated rings. The highest BCUT2D eigenvalue weighted by atomic mass is 16.4. The van der Waals surface area contributed by atoms with E-state index in [1.807, 2.05) is 43.5 Å². The van der Waals surface area contributed by atoms with Crippen molar-refractivity contribution in [1.29, 1.82) is 0 Å². The molecule has 0 radical (unpaired) electrons. The van der Waals surface area contributed by atoms with Gasteiger partial charge in [0.25, 0.3) is 0 Å². The number of aliphatic hydroxyl groups excluding tert-OH is 1. The number of hydrogen-bond acceptors (Lipinski definition) is 4. The molecule has 1 aromatic heterocycles. The summed E-state index contributed by atoms with van der Waals surface area (Å²) in [6, 6.07) is 16.3. The Morgan fingerprint density at radius 1 is 1.10 bits per heavy atom. The van der Waals surface area contributed by atoms with Crippen LogP contribution in [0, 0.1) is 13.8 Å². The first-order valence-electron chi connectivity index (χ1n) is 10.2. The zero-order chi connectivity index (χ0) is 22.4. The van der Waals surface area contributed by atoms with Crippen molar-refractivity contribution in [3.63, 3.8) is 0 Å². The van der Waals surface area contributed by atoms with Gasteiger partial charge in [0, 0.05) is 24.5 Å². The quantitative estimate of drug-likeness (QED) is 0.472. The third-order valence-electron chi connectivity index (χ3n) is 5.61. The van der Waals surface area contributed by atoms with Gasteiger partial charge in [0.1, 0.15) is 5.54 Å². The van der Waals surface area contributed by atoms with Crippen LogP contribution in [0.1, 0.15) is 34.7 Å². The predicted molar refractivity (Wildman–Crippen MR) is 124 cm³/mol. The molecule has 3 N–H and O–H groups in total. The molecule has 1 heterocycles. The van der Waals surface area contributed by atoms with Crippen molar-refractivity contribution in [3.05, 3.63) is 88.7 Å². The minimum atomic E-state index is -1.37. The second-order valence-electron chi connectivity index (χ2n) is 7.93. The highest BCUT2D eigenvalue weighted by Crippen LogP contribution is 2.26. The Bertz CT molecular complexity index is 1090. The smallest absolute Gasteiger partial charge is 0.326 e. The Labute approximate surface area is 183 Å². The Kier molecular flexibility index (Phi) is 7.00. The molecule has 0 spiro atoms. The first kappa shape index (κ1) is 22.4. The summed E-state index contributed by atoms with van der Waals surface area (Å²) < 4.78 is 0. The van der Waals surface area contributed by atoms with Gasteiger partial charge in [0.15, 0.2) is 0 Å². The fourth-order valence-corrected chi connectivity index (χ4v) is 3.32. The van der Waals surface area contributed by atoms with Crippen molar-refractivity contribution in [2.45, 2.75) is 32.9 Å². The number of carboxylic acids is 1. The Morgan fingerprint density at radius 3 is 2.55 bits per heavy atom. The molecule has 0 bridgehead atoms. The lowest BCUT2D eigenvalue weighted by atomic mass is 9.96. The topological polar surface area (TPSA) is 82.5 Å². The average Bonchev–Trinajstić information content (AvgIpc) is 2.78. The molecular formula is C26H28N2O3. The van der Waals surface area contributed by atoms with Gasteiger partial charge in [-0.2, -0.15) is 0 Å². The summed E-state index contributed by atoms with van der Waals surface area (Å²) in [7, 11) is 0. The molecule has 0 saturated heterocycles. The number of aliphatic carboxylic acids is 1. The maximum atomic E-state index is 11.4. The number of pyridine rings is 1. The van der Waals surface area contributed by atoms with Crippen molar-refractivity contribution in [1.82, 2.24) is 10.3 Å². The third kappa shape index (κ3) is 5.26. The molecular weight excluding hydrogens is 388 g/mol. The lowest BCUT2D eigenvalue weighted by Crippen LogP contribution is -2.52. The molecule has 31 heavy (non-hydrogen) atoms. The van der Waals surface area contributed by atoms with Gasteiger partial charge in [-0.1, -0.05) is 54.6 Å². The summed E-state index contributed by atoms with van der Waals surface area (Å²) in [6.07, 6.45) is 7.82. The van der Waals surface area contributed by atoms with Gasteiger partial charge in [-0.25, -0.2) is 0 Å². The number of carbonyl (C=O) groups is 1. The van der Waals surface area contributed by atoms with Crippen molar-refractivity contribution >= 4 is 18.1 Å². The minimum Gasteiger partial charge on any atom is -0.480 e. The standard InChI is InChI=1S/C26H28N2O3/c1-18-9-10-20(15-28-26(3,17-29)25(30)31)14-22(18)12-11-21-6-4-8-24(19(21)2)23-7-5-13-27-16-23/h4-14,16,28-29H,15,17H2,1-3H3,(H,30,31)/b12-11+/t26-/m0/s1. The largest absolute Gasteiger partial charge is 0.480 e. The summed E-state index contributed by atoms with van der Waals surface area (Å²) in [5.74, 6) is -1.08. The normalized spacial score (nSPS) is 13.3. The van der Waals surface area contributed by atoms with Crippen LogP contribution in [0.5, 0.6) is 0 Å². The van der Waals surface area contributed by atoms with Crippen LogP contribution in [0.4, 0.5) is 0 Å². The number of rotatable bonds is 8. The van der Waals surface area contributed by atoms with E-state index < -0.39 is 18.1 Å².